The molecule has 1 rings (SSSR count). The normalized spacial score (nSPS) is 11.8. The van der Waals surface area contributed by atoms with Crippen LogP contribution in [0, 0.1) is 0 Å². The summed E-state index contributed by atoms with van der Waals surface area (Å²) in [4.78, 5) is 20.8. The second-order valence-corrected chi connectivity index (χ2v) is 3.57. The lowest BCUT2D eigenvalue weighted by Crippen LogP contribution is -1.94. The Labute approximate surface area is 89.6 Å². The third-order valence-corrected chi connectivity index (χ3v) is 2.44. The Kier molecular flexibility index (Phi) is 3.98. The highest BCUT2D eigenvalue weighted by Crippen LogP contribution is 2.20. The smallest absolute Gasteiger partial charge is 0.150 e. The van der Waals surface area contributed by atoms with E-state index in [1.54, 1.807) is 0 Å². The van der Waals surface area contributed by atoms with E-state index in [0.717, 1.165) is 23.7 Å². The van der Waals surface area contributed by atoms with Gasteiger partial charge in [0.05, 0.1) is 0 Å². The third kappa shape index (κ3) is 2.88. The number of carbonyl (C=O) groups excluding carboxylic acids is 2. The quantitative estimate of drug-likeness (QED) is 0.543. The predicted octanol–water partition coefficient (Wildman–Crippen LogP) is 2.59. The van der Waals surface area contributed by atoms with Crippen LogP contribution >= 0.6 is 0 Å². The summed E-state index contributed by atoms with van der Waals surface area (Å²) >= 11 is 0. The van der Waals surface area contributed by atoms with E-state index in [9.17, 15) is 9.59 Å². The Balaban J connectivity index is 2.84. The molecule has 15 heavy (non-hydrogen) atoms. The van der Waals surface area contributed by atoms with Crippen molar-refractivity contribution >= 4 is 18.1 Å². The Morgan fingerprint density at radius 3 is 2.40 bits per heavy atom. The van der Waals surface area contributed by atoms with Crippen molar-refractivity contribution in [1.82, 2.24) is 0 Å². The van der Waals surface area contributed by atoms with Crippen molar-refractivity contribution < 1.29 is 9.59 Å². The molecule has 0 heterocycles. The van der Waals surface area contributed by atoms with E-state index < -0.39 is 0 Å². The van der Waals surface area contributed by atoms with E-state index >= 15 is 0 Å². The van der Waals surface area contributed by atoms with Crippen LogP contribution < -0.4 is 0 Å². The molecule has 1 unspecified atom stereocenters. The molecule has 0 saturated heterocycles. The summed E-state index contributed by atoms with van der Waals surface area (Å²) in [5.41, 5.74) is 2.40. The van der Waals surface area contributed by atoms with E-state index in [0.29, 0.717) is 12.0 Å². The maximum atomic E-state index is 10.5. The minimum Gasteiger partial charge on any atom is -0.303 e. The van der Waals surface area contributed by atoms with Crippen LogP contribution in [0.25, 0.3) is 5.57 Å². The number of rotatable bonds is 5. The topological polar surface area (TPSA) is 34.1 Å². The summed E-state index contributed by atoms with van der Waals surface area (Å²) < 4.78 is 0. The van der Waals surface area contributed by atoms with Crippen LogP contribution in [-0.4, -0.2) is 12.6 Å². The Morgan fingerprint density at radius 1 is 1.33 bits per heavy atom. The molecular weight excluding hydrogens is 188 g/mol. The largest absolute Gasteiger partial charge is 0.303 e. The van der Waals surface area contributed by atoms with Crippen molar-refractivity contribution in [3.8, 4) is 0 Å². The van der Waals surface area contributed by atoms with Gasteiger partial charge in [0.1, 0.15) is 12.6 Å². The number of aldehydes is 2. The first-order valence-electron chi connectivity index (χ1n) is 4.87. The zero-order valence-corrected chi connectivity index (χ0v) is 8.77. The highest BCUT2D eigenvalue weighted by molar-refractivity contribution is 6.05. The van der Waals surface area contributed by atoms with Gasteiger partial charge in [-0.15, -0.1) is 0 Å². The SMILES string of the molecule is C=C(C=O)c1ccc(C(C)CC=O)cc1. The number of allylic oxidation sites excluding steroid dienone is 1. The molecule has 0 bridgehead atoms. The highest BCUT2D eigenvalue weighted by Gasteiger charge is 2.04. The fourth-order valence-corrected chi connectivity index (χ4v) is 1.37. The van der Waals surface area contributed by atoms with Gasteiger partial charge in [-0.05, 0) is 17.0 Å². The number of hydrogen-bond acceptors (Lipinski definition) is 2. The lowest BCUT2D eigenvalue weighted by Gasteiger charge is -2.08. The molecule has 78 valence electrons. The Bertz CT molecular complexity index is 363. The standard InChI is InChI=1S/C13H14O2/c1-10(7-8-14)12-3-5-13(6-4-12)11(2)9-15/h3-6,8-10H,2,7H2,1H3. The highest BCUT2D eigenvalue weighted by atomic mass is 16.1. The Hall–Kier alpha value is -1.70. The van der Waals surface area contributed by atoms with Gasteiger partial charge in [0.25, 0.3) is 0 Å². The van der Waals surface area contributed by atoms with Gasteiger partial charge in [-0.3, -0.25) is 4.79 Å². The van der Waals surface area contributed by atoms with Crippen LogP contribution in [0.2, 0.25) is 0 Å². The number of benzene rings is 1. The summed E-state index contributed by atoms with van der Waals surface area (Å²) in [6.07, 6.45) is 2.18. The Morgan fingerprint density at radius 2 is 1.93 bits per heavy atom. The summed E-state index contributed by atoms with van der Waals surface area (Å²) in [6, 6.07) is 7.57. The fraction of sp³-hybridized carbons (Fsp3) is 0.231. The van der Waals surface area contributed by atoms with E-state index in [2.05, 4.69) is 6.58 Å². The van der Waals surface area contributed by atoms with E-state index in [-0.39, 0.29) is 5.92 Å². The second-order valence-electron chi connectivity index (χ2n) is 3.57. The van der Waals surface area contributed by atoms with Gasteiger partial charge in [0, 0.05) is 12.0 Å². The first-order valence-corrected chi connectivity index (χ1v) is 4.87. The van der Waals surface area contributed by atoms with Crippen molar-refractivity contribution in [1.29, 1.82) is 0 Å². The van der Waals surface area contributed by atoms with Crippen LogP contribution in [0.15, 0.2) is 30.8 Å². The van der Waals surface area contributed by atoms with Crippen molar-refractivity contribution in [3.63, 3.8) is 0 Å². The third-order valence-electron chi connectivity index (χ3n) is 2.44. The van der Waals surface area contributed by atoms with Crippen LogP contribution in [-0.2, 0) is 9.59 Å². The maximum absolute atomic E-state index is 10.5. The minimum atomic E-state index is 0.223. The molecule has 0 aliphatic carbocycles. The van der Waals surface area contributed by atoms with Crippen LogP contribution in [0.3, 0.4) is 0 Å². The first-order chi connectivity index (χ1) is 7.19. The number of carbonyl (C=O) groups is 2. The molecule has 0 N–H and O–H groups in total. The van der Waals surface area contributed by atoms with E-state index in [1.165, 1.54) is 0 Å². The van der Waals surface area contributed by atoms with Crippen LogP contribution in [0.1, 0.15) is 30.4 Å². The van der Waals surface area contributed by atoms with Gasteiger partial charge < -0.3 is 4.79 Å². The van der Waals surface area contributed by atoms with Crippen LogP contribution in [0.4, 0.5) is 0 Å². The van der Waals surface area contributed by atoms with Gasteiger partial charge in [-0.25, -0.2) is 0 Å². The average molecular weight is 202 g/mol. The molecule has 0 aliphatic rings. The summed E-state index contributed by atoms with van der Waals surface area (Å²) in [5, 5.41) is 0. The monoisotopic (exact) mass is 202 g/mol. The molecule has 1 aromatic carbocycles. The van der Waals surface area contributed by atoms with Crippen molar-refractivity contribution in [2.75, 3.05) is 0 Å². The minimum absolute atomic E-state index is 0.223. The fourth-order valence-electron chi connectivity index (χ4n) is 1.37. The zero-order valence-electron chi connectivity index (χ0n) is 8.77. The molecular formula is C13H14O2. The predicted molar refractivity (Wildman–Crippen MR) is 60.6 cm³/mol. The van der Waals surface area contributed by atoms with E-state index in [1.807, 2.05) is 31.2 Å². The molecule has 0 spiro atoms. The lowest BCUT2D eigenvalue weighted by molar-refractivity contribution is -0.108. The molecule has 0 aliphatic heterocycles. The summed E-state index contributed by atoms with van der Waals surface area (Å²) in [6.45, 7) is 5.63. The summed E-state index contributed by atoms with van der Waals surface area (Å²) in [7, 11) is 0. The lowest BCUT2D eigenvalue weighted by atomic mass is 9.96. The number of hydrogen-bond donors (Lipinski definition) is 0. The summed E-state index contributed by atoms with van der Waals surface area (Å²) in [5.74, 6) is 0.223. The molecule has 0 aromatic heterocycles. The molecule has 0 amide bonds. The van der Waals surface area contributed by atoms with Gasteiger partial charge in [0.15, 0.2) is 0 Å². The maximum Gasteiger partial charge on any atom is 0.150 e. The molecule has 1 atom stereocenters. The molecule has 0 saturated carbocycles. The zero-order chi connectivity index (χ0) is 11.3. The van der Waals surface area contributed by atoms with Crippen molar-refractivity contribution in [2.24, 2.45) is 0 Å². The average Bonchev–Trinajstić information content (AvgIpc) is 2.28. The molecule has 0 radical (unpaired) electrons. The van der Waals surface area contributed by atoms with Crippen LogP contribution in [0.5, 0.6) is 0 Å². The van der Waals surface area contributed by atoms with Gasteiger partial charge in [0.2, 0.25) is 0 Å². The molecule has 0 fully saturated rings. The van der Waals surface area contributed by atoms with Gasteiger partial charge >= 0.3 is 0 Å². The van der Waals surface area contributed by atoms with Gasteiger partial charge in [-0.1, -0.05) is 37.8 Å². The van der Waals surface area contributed by atoms with Gasteiger partial charge in [-0.2, -0.15) is 0 Å². The van der Waals surface area contributed by atoms with Crippen molar-refractivity contribution in [2.45, 2.75) is 19.3 Å². The van der Waals surface area contributed by atoms with Crippen molar-refractivity contribution in [3.05, 3.63) is 42.0 Å². The second kappa shape index (κ2) is 5.25. The molecule has 1 aromatic rings. The van der Waals surface area contributed by atoms with E-state index in [4.69, 9.17) is 0 Å². The first kappa shape index (κ1) is 11.4. The molecule has 2 nitrogen and oxygen atoms in total. The molecule has 2 heteroatoms.